The first kappa shape index (κ1) is 16.2. The Morgan fingerprint density at radius 3 is 2.86 bits per heavy atom. The van der Waals surface area contributed by atoms with Crippen molar-refractivity contribution in [2.45, 2.75) is 38.8 Å². The van der Waals surface area contributed by atoms with E-state index >= 15 is 0 Å². The van der Waals surface area contributed by atoms with Crippen molar-refractivity contribution >= 4 is 5.69 Å². The number of likely N-dealkylation sites (tertiary alicyclic amines) is 1. The predicted octanol–water partition coefficient (Wildman–Crippen LogP) is 3.03. The zero-order valence-corrected chi connectivity index (χ0v) is 13.7. The molecule has 1 aliphatic heterocycles. The highest BCUT2D eigenvalue weighted by Gasteiger charge is 2.24. The number of hydrogen-bond donors (Lipinski definition) is 1. The molecular weight excluding hydrogens is 265 g/mol. The lowest BCUT2D eigenvalue weighted by molar-refractivity contribution is 0.313. The third kappa shape index (κ3) is 3.74. The normalized spacial score (nSPS) is 20.7. The molecule has 0 spiro atoms. The summed E-state index contributed by atoms with van der Waals surface area (Å²) in [6, 6.07) is 6.08. The van der Waals surface area contributed by atoms with Gasteiger partial charge in [0, 0.05) is 25.7 Å². The highest BCUT2D eigenvalue weighted by Crippen LogP contribution is 2.29. The third-order valence-electron chi connectivity index (χ3n) is 4.53. The van der Waals surface area contributed by atoms with Gasteiger partial charge >= 0.3 is 0 Å². The largest absolute Gasteiger partial charge is 0.370 e. The molecule has 0 amide bonds. The van der Waals surface area contributed by atoms with Gasteiger partial charge in [0.05, 0.1) is 5.69 Å². The summed E-state index contributed by atoms with van der Waals surface area (Å²) >= 11 is 0. The second kappa shape index (κ2) is 7.23. The Labute approximate surface area is 128 Å². The fourth-order valence-corrected chi connectivity index (χ4v) is 3.32. The van der Waals surface area contributed by atoms with Crippen LogP contribution in [0.2, 0.25) is 0 Å². The molecule has 2 unspecified atom stereocenters. The number of anilines is 1. The van der Waals surface area contributed by atoms with Crippen LogP contribution in [0.1, 0.15) is 38.3 Å². The molecule has 0 bridgehead atoms. The van der Waals surface area contributed by atoms with Crippen molar-refractivity contribution in [2.75, 3.05) is 38.6 Å². The highest BCUT2D eigenvalue weighted by molar-refractivity contribution is 5.55. The topological polar surface area (TPSA) is 18.5 Å². The van der Waals surface area contributed by atoms with Crippen molar-refractivity contribution in [3.8, 4) is 0 Å². The molecule has 0 radical (unpaired) electrons. The van der Waals surface area contributed by atoms with E-state index in [1.165, 1.54) is 12.8 Å². The average molecular weight is 293 g/mol. The first-order valence-corrected chi connectivity index (χ1v) is 7.97. The molecule has 1 aliphatic rings. The van der Waals surface area contributed by atoms with Crippen molar-refractivity contribution in [3.63, 3.8) is 0 Å². The number of rotatable bonds is 6. The maximum absolute atomic E-state index is 14.4. The zero-order valence-electron chi connectivity index (χ0n) is 13.7. The minimum absolute atomic E-state index is 0.125. The van der Waals surface area contributed by atoms with Crippen molar-refractivity contribution in [3.05, 3.63) is 29.6 Å². The quantitative estimate of drug-likeness (QED) is 0.870. The molecule has 1 fully saturated rings. The van der Waals surface area contributed by atoms with Crippen LogP contribution in [-0.2, 0) is 0 Å². The standard InChI is InChI=1S/C17H28FN3/c1-5-19-13(2)15-9-6-10-16(18)17(15)21(4)12-14-8-7-11-20(14)3/h6,9-10,13-14,19H,5,7-8,11-12H2,1-4H3. The fraction of sp³-hybridized carbons (Fsp3) is 0.647. The SMILES string of the molecule is CCNC(C)c1cccc(F)c1N(C)CC1CCCN1C. The zero-order chi connectivity index (χ0) is 15.4. The molecular formula is C17H28FN3. The minimum atomic E-state index is -0.125. The summed E-state index contributed by atoms with van der Waals surface area (Å²) in [6.45, 7) is 7.08. The Hall–Kier alpha value is -1.13. The summed E-state index contributed by atoms with van der Waals surface area (Å²) in [7, 11) is 4.17. The van der Waals surface area contributed by atoms with E-state index in [1.807, 2.05) is 13.1 Å². The van der Waals surface area contributed by atoms with E-state index < -0.39 is 0 Å². The van der Waals surface area contributed by atoms with Gasteiger partial charge in [0.2, 0.25) is 0 Å². The van der Waals surface area contributed by atoms with E-state index in [2.05, 4.69) is 36.0 Å². The van der Waals surface area contributed by atoms with Crippen LogP contribution < -0.4 is 10.2 Å². The van der Waals surface area contributed by atoms with Gasteiger partial charge in [0.15, 0.2) is 0 Å². The van der Waals surface area contributed by atoms with Crippen LogP contribution in [0.3, 0.4) is 0 Å². The van der Waals surface area contributed by atoms with E-state index in [9.17, 15) is 4.39 Å². The first-order valence-electron chi connectivity index (χ1n) is 7.97. The number of likely N-dealkylation sites (N-methyl/N-ethyl adjacent to an activating group) is 2. The molecule has 4 heteroatoms. The number of halogens is 1. The highest BCUT2D eigenvalue weighted by atomic mass is 19.1. The summed E-state index contributed by atoms with van der Waals surface area (Å²) in [4.78, 5) is 4.47. The van der Waals surface area contributed by atoms with Crippen LogP contribution in [0.4, 0.5) is 10.1 Å². The van der Waals surface area contributed by atoms with Gasteiger partial charge in [0.1, 0.15) is 5.82 Å². The summed E-state index contributed by atoms with van der Waals surface area (Å²) in [5, 5.41) is 3.38. The molecule has 1 aromatic carbocycles. The van der Waals surface area contributed by atoms with Gasteiger partial charge in [0.25, 0.3) is 0 Å². The monoisotopic (exact) mass is 293 g/mol. The van der Waals surface area contributed by atoms with E-state index in [1.54, 1.807) is 12.1 Å². The molecule has 0 aromatic heterocycles. The molecule has 118 valence electrons. The average Bonchev–Trinajstić information content (AvgIpc) is 2.84. The Morgan fingerprint density at radius 1 is 1.48 bits per heavy atom. The lowest BCUT2D eigenvalue weighted by atomic mass is 10.0. The number of hydrogen-bond acceptors (Lipinski definition) is 3. The molecule has 1 heterocycles. The van der Waals surface area contributed by atoms with E-state index in [-0.39, 0.29) is 11.9 Å². The molecule has 1 N–H and O–H groups in total. The molecule has 2 atom stereocenters. The number of nitrogens with zero attached hydrogens (tertiary/aromatic N) is 2. The first-order chi connectivity index (χ1) is 10.0. The van der Waals surface area contributed by atoms with Crippen molar-refractivity contribution in [2.24, 2.45) is 0 Å². The van der Waals surface area contributed by atoms with Crippen LogP contribution in [-0.4, -0.2) is 44.7 Å². The van der Waals surface area contributed by atoms with E-state index in [4.69, 9.17) is 0 Å². The number of para-hydroxylation sites is 1. The van der Waals surface area contributed by atoms with Gasteiger partial charge in [-0.2, -0.15) is 0 Å². The predicted molar refractivity (Wildman–Crippen MR) is 87.4 cm³/mol. The van der Waals surface area contributed by atoms with Crippen LogP contribution >= 0.6 is 0 Å². The number of benzene rings is 1. The lowest BCUT2D eigenvalue weighted by Gasteiger charge is -2.30. The van der Waals surface area contributed by atoms with E-state index in [0.717, 1.165) is 30.9 Å². The van der Waals surface area contributed by atoms with Gasteiger partial charge in [-0.1, -0.05) is 19.1 Å². The third-order valence-corrected chi connectivity index (χ3v) is 4.53. The summed E-state index contributed by atoms with van der Waals surface area (Å²) < 4.78 is 14.4. The van der Waals surface area contributed by atoms with Gasteiger partial charge in [-0.05, 0) is 51.5 Å². The fourth-order valence-electron chi connectivity index (χ4n) is 3.32. The Bertz CT molecular complexity index is 463. The second-order valence-corrected chi connectivity index (χ2v) is 6.11. The van der Waals surface area contributed by atoms with Crippen LogP contribution in [0.25, 0.3) is 0 Å². The van der Waals surface area contributed by atoms with Gasteiger partial charge in [-0.3, -0.25) is 0 Å². The maximum Gasteiger partial charge on any atom is 0.146 e. The Kier molecular flexibility index (Phi) is 5.59. The molecule has 0 aliphatic carbocycles. The van der Waals surface area contributed by atoms with Gasteiger partial charge in [-0.15, -0.1) is 0 Å². The Balaban J connectivity index is 2.20. The van der Waals surface area contributed by atoms with Gasteiger partial charge < -0.3 is 15.1 Å². The smallest absolute Gasteiger partial charge is 0.146 e. The Morgan fingerprint density at radius 2 is 2.24 bits per heavy atom. The molecule has 21 heavy (non-hydrogen) atoms. The maximum atomic E-state index is 14.4. The second-order valence-electron chi connectivity index (χ2n) is 6.11. The number of nitrogens with one attached hydrogen (secondary N) is 1. The van der Waals surface area contributed by atoms with Crippen molar-refractivity contribution < 1.29 is 4.39 Å². The van der Waals surface area contributed by atoms with Crippen molar-refractivity contribution in [1.82, 2.24) is 10.2 Å². The summed E-state index contributed by atoms with van der Waals surface area (Å²) in [5.74, 6) is -0.125. The van der Waals surface area contributed by atoms with E-state index in [0.29, 0.717) is 6.04 Å². The summed E-state index contributed by atoms with van der Waals surface area (Å²) in [6.07, 6.45) is 2.44. The van der Waals surface area contributed by atoms with Crippen LogP contribution in [0.5, 0.6) is 0 Å². The van der Waals surface area contributed by atoms with Crippen LogP contribution in [0, 0.1) is 5.82 Å². The molecule has 2 rings (SSSR count). The van der Waals surface area contributed by atoms with Gasteiger partial charge in [-0.25, -0.2) is 4.39 Å². The molecule has 1 aromatic rings. The summed E-state index contributed by atoms with van der Waals surface area (Å²) in [5.41, 5.74) is 1.78. The minimum Gasteiger partial charge on any atom is -0.370 e. The van der Waals surface area contributed by atoms with Crippen LogP contribution in [0.15, 0.2) is 18.2 Å². The molecule has 3 nitrogen and oxygen atoms in total. The molecule has 1 saturated heterocycles. The molecule has 0 saturated carbocycles. The lowest BCUT2D eigenvalue weighted by Crippen LogP contribution is -2.37. The van der Waals surface area contributed by atoms with Crippen molar-refractivity contribution in [1.29, 1.82) is 0 Å².